The SMILES string of the molecule is CNC(=O)c1c(-c2ccc(C)cc2)oc2nc(N(CCC3CCCC3C(=O)O)S(C)=O)c(C)cc12. The molecular weight excluding hydrogens is 466 g/mol. The molecule has 0 bridgehead atoms. The van der Waals surface area contributed by atoms with Gasteiger partial charge in [0, 0.05) is 25.4 Å². The molecule has 1 aliphatic carbocycles. The van der Waals surface area contributed by atoms with E-state index in [1.165, 1.54) is 0 Å². The van der Waals surface area contributed by atoms with Crippen LogP contribution in [0.25, 0.3) is 22.4 Å². The van der Waals surface area contributed by atoms with E-state index in [0.29, 0.717) is 47.6 Å². The first-order valence-electron chi connectivity index (χ1n) is 11.8. The van der Waals surface area contributed by atoms with Gasteiger partial charge in [-0.1, -0.05) is 36.2 Å². The number of anilines is 1. The van der Waals surface area contributed by atoms with Gasteiger partial charge in [-0.15, -0.1) is 0 Å². The summed E-state index contributed by atoms with van der Waals surface area (Å²) in [6, 6.07) is 9.56. The first-order valence-corrected chi connectivity index (χ1v) is 13.3. The summed E-state index contributed by atoms with van der Waals surface area (Å²) in [6.45, 7) is 4.27. The van der Waals surface area contributed by atoms with Gasteiger partial charge in [-0.2, -0.15) is 4.98 Å². The van der Waals surface area contributed by atoms with Gasteiger partial charge in [-0.25, -0.2) is 4.21 Å². The Hall–Kier alpha value is -3.20. The van der Waals surface area contributed by atoms with Gasteiger partial charge in [0.1, 0.15) is 22.6 Å². The molecule has 2 N–H and O–H groups in total. The summed E-state index contributed by atoms with van der Waals surface area (Å²) >= 11 is 0. The monoisotopic (exact) mass is 497 g/mol. The molecule has 3 unspecified atom stereocenters. The van der Waals surface area contributed by atoms with Gasteiger partial charge in [0.15, 0.2) is 0 Å². The lowest BCUT2D eigenvalue weighted by Crippen LogP contribution is -2.30. The molecular formula is C26H31N3O5S. The normalized spacial score (nSPS) is 18.5. The van der Waals surface area contributed by atoms with Crippen LogP contribution in [0, 0.1) is 25.7 Å². The number of carboxylic acids is 1. The van der Waals surface area contributed by atoms with Crippen molar-refractivity contribution < 1.29 is 23.3 Å². The van der Waals surface area contributed by atoms with Crippen molar-refractivity contribution >= 4 is 39.8 Å². The van der Waals surface area contributed by atoms with Gasteiger partial charge in [0.25, 0.3) is 5.91 Å². The van der Waals surface area contributed by atoms with E-state index in [1.54, 1.807) is 17.6 Å². The molecule has 1 amide bonds. The van der Waals surface area contributed by atoms with E-state index in [2.05, 4.69) is 5.32 Å². The van der Waals surface area contributed by atoms with Gasteiger partial charge in [-0.3, -0.25) is 13.9 Å². The topological polar surface area (TPSA) is 113 Å². The van der Waals surface area contributed by atoms with Gasteiger partial charge in [0.2, 0.25) is 5.71 Å². The van der Waals surface area contributed by atoms with Crippen LogP contribution in [0.1, 0.15) is 47.2 Å². The number of fused-ring (bicyclic) bond motifs is 1. The lowest BCUT2D eigenvalue weighted by molar-refractivity contribution is -0.142. The van der Waals surface area contributed by atoms with Crippen molar-refractivity contribution in [1.82, 2.24) is 10.3 Å². The molecule has 0 aliphatic heterocycles. The van der Waals surface area contributed by atoms with Crippen LogP contribution >= 0.6 is 0 Å². The summed E-state index contributed by atoms with van der Waals surface area (Å²) in [5.41, 5.74) is 3.32. The molecule has 8 nitrogen and oxygen atoms in total. The highest BCUT2D eigenvalue weighted by molar-refractivity contribution is 7.85. The fourth-order valence-corrected chi connectivity index (χ4v) is 5.76. The molecule has 1 aliphatic rings. The van der Waals surface area contributed by atoms with E-state index in [9.17, 15) is 18.9 Å². The van der Waals surface area contributed by atoms with Crippen LogP contribution in [0.2, 0.25) is 0 Å². The van der Waals surface area contributed by atoms with Crippen LogP contribution in [-0.2, 0) is 15.8 Å². The van der Waals surface area contributed by atoms with Crippen molar-refractivity contribution in [2.24, 2.45) is 11.8 Å². The van der Waals surface area contributed by atoms with Crippen molar-refractivity contribution in [2.75, 3.05) is 24.2 Å². The lowest BCUT2D eigenvalue weighted by Gasteiger charge is -2.24. The minimum atomic E-state index is -1.37. The fraction of sp³-hybridized carbons (Fsp3) is 0.423. The number of nitrogens with one attached hydrogen (secondary N) is 1. The van der Waals surface area contributed by atoms with Crippen LogP contribution in [0.4, 0.5) is 5.82 Å². The highest BCUT2D eigenvalue weighted by atomic mass is 32.2. The third-order valence-corrected chi connectivity index (χ3v) is 7.82. The second-order valence-corrected chi connectivity index (χ2v) is 10.5. The van der Waals surface area contributed by atoms with Gasteiger partial charge < -0.3 is 14.8 Å². The first kappa shape index (κ1) is 24.9. The van der Waals surface area contributed by atoms with Crippen LogP contribution in [0.3, 0.4) is 0 Å². The van der Waals surface area contributed by atoms with Gasteiger partial charge in [-0.05, 0) is 50.7 Å². The second-order valence-electron chi connectivity index (χ2n) is 9.18. The standard InChI is InChI=1S/C26H31N3O5S/c1-15-8-10-18(11-9-15)22-21(24(30)27-3)20-14-16(2)23(28-25(20)34-22)29(35(4)33)13-12-17-6-5-7-19(17)26(31)32/h8-11,14,17,19H,5-7,12-13H2,1-4H3,(H,27,30)(H,31,32). The van der Waals surface area contributed by atoms with Gasteiger partial charge in [0.05, 0.1) is 16.9 Å². The Morgan fingerprint density at radius 1 is 1.23 bits per heavy atom. The Kier molecular flexibility index (Phi) is 7.25. The molecule has 2 aromatic heterocycles. The zero-order valence-corrected chi connectivity index (χ0v) is 21.3. The van der Waals surface area contributed by atoms with Crippen LogP contribution in [-0.4, -0.2) is 46.0 Å². The molecule has 2 heterocycles. The number of aromatic nitrogens is 1. The highest BCUT2D eigenvalue weighted by Gasteiger charge is 2.33. The number of carboxylic acid groups (broad SMARTS) is 1. The van der Waals surface area contributed by atoms with E-state index in [0.717, 1.165) is 29.5 Å². The van der Waals surface area contributed by atoms with E-state index >= 15 is 0 Å². The molecule has 0 radical (unpaired) electrons. The number of pyridine rings is 1. The molecule has 4 rings (SSSR count). The molecule has 35 heavy (non-hydrogen) atoms. The number of rotatable bonds is 8. The number of hydrogen-bond donors (Lipinski definition) is 2. The second kappa shape index (κ2) is 10.2. The summed E-state index contributed by atoms with van der Waals surface area (Å²) in [7, 11) is 0.199. The lowest BCUT2D eigenvalue weighted by atomic mass is 9.93. The fourth-order valence-electron chi connectivity index (χ4n) is 4.97. The third-order valence-electron chi connectivity index (χ3n) is 6.84. The van der Waals surface area contributed by atoms with Crippen LogP contribution in [0.5, 0.6) is 0 Å². The minimum absolute atomic E-state index is 0.0548. The molecule has 0 spiro atoms. The first-order chi connectivity index (χ1) is 16.7. The number of hydrogen-bond acceptors (Lipinski definition) is 5. The molecule has 3 atom stereocenters. The molecule has 1 saturated carbocycles. The number of benzene rings is 1. The van der Waals surface area contributed by atoms with Crippen LogP contribution < -0.4 is 9.62 Å². The van der Waals surface area contributed by atoms with Gasteiger partial charge >= 0.3 is 5.97 Å². The number of carbonyl (C=O) groups is 2. The molecule has 1 fully saturated rings. The quantitative estimate of drug-likeness (QED) is 0.475. The molecule has 1 aromatic carbocycles. The van der Waals surface area contributed by atoms with Crippen molar-refractivity contribution in [2.45, 2.75) is 39.5 Å². The maximum atomic E-state index is 12.8. The number of carbonyl (C=O) groups excluding carboxylic acids is 1. The van der Waals surface area contributed by atoms with Crippen molar-refractivity contribution in [3.8, 4) is 11.3 Å². The van der Waals surface area contributed by atoms with Crippen molar-refractivity contribution in [3.63, 3.8) is 0 Å². The third kappa shape index (κ3) is 4.96. The average Bonchev–Trinajstić information content (AvgIpc) is 3.44. The maximum absolute atomic E-state index is 12.8. The Morgan fingerprint density at radius 3 is 2.57 bits per heavy atom. The molecule has 0 saturated heterocycles. The Labute approximate surface area is 207 Å². The number of aryl methyl sites for hydroxylation is 2. The molecule has 9 heteroatoms. The van der Waals surface area contributed by atoms with Crippen molar-refractivity contribution in [1.29, 1.82) is 0 Å². The summed E-state index contributed by atoms with van der Waals surface area (Å²) in [5, 5.41) is 12.8. The number of furan rings is 1. The van der Waals surface area contributed by atoms with E-state index in [1.807, 2.05) is 44.2 Å². The number of amides is 1. The summed E-state index contributed by atoms with van der Waals surface area (Å²) in [5.74, 6) is -0.382. The maximum Gasteiger partial charge on any atom is 0.306 e. The minimum Gasteiger partial charge on any atom is -0.481 e. The summed E-state index contributed by atoms with van der Waals surface area (Å²) < 4.78 is 20.5. The predicted octanol–water partition coefficient (Wildman–Crippen LogP) is 4.46. The smallest absolute Gasteiger partial charge is 0.306 e. The predicted molar refractivity (Wildman–Crippen MR) is 137 cm³/mol. The molecule has 3 aromatic rings. The average molecular weight is 498 g/mol. The van der Waals surface area contributed by atoms with Crippen molar-refractivity contribution in [3.05, 3.63) is 47.0 Å². The van der Waals surface area contributed by atoms with Crippen LogP contribution in [0.15, 0.2) is 34.7 Å². The Bertz CT molecular complexity index is 1280. The van der Waals surface area contributed by atoms with E-state index in [4.69, 9.17) is 9.40 Å². The largest absolute Gasteiger partial charge is 0.481 e. The summed E-state index contributed by atoms with van der Waals surface area (Å²) in [4.78, 5) is 29.1. The number of nitrogens with zero attached hydrogens (tertiary/aromatic N) is 2. The Morgan fingerprint density at radius 2 is 1.94 bits per heavy atom. The summed E-state index contributed by atoms with van der Waals surface area (Å²) in [6.07, 6.45) is 4.65. The van der Waals surface area contributed by atoms with E-state index < -0.39 is 17.0 Å². The zero-order chi connectivity index (χ0) is 25.3. The van der Waals surface area contributed by atoms with E-state index in [-0.39, 0.29) is 17.7 Å². The Balaban J connectivity index is 1.74. The zero-order valence-electron chi connectivity index (χ0n) is 20.5. The number of aliphatic carboxylic acids is 1. The molecule has 186 valence electrons. The highest BCUT2D eigenvalue weighted by Crippen LogP contribution is 2.37.